The van der Waals surface area contributed by atoms with Gasteiger partial charge in [0.15, 0.2) is 0 Å². The first-order valence-corrected chi connectivity index (χ1v) is 6.12. The Morgan fingerprint density at radius 2 is 2.15 bits per heavy atom. The lowest BCUT2D eigenvalue weighted by Gasteiger charge is -2.12. The molecule has 2 rings (SSSR count). The average molecular weight is 269 g/mol. The molecule has 0 amide bonds. The third-order valence-corrected chi connectivity index (χ3v) is 2.87. The van der Waals surface area contributed by atoms with E-state index in [1.165, 1.54) is 0 Å². The number of nitrogens with zero attached hydrogens (tertiary/aromatic N) is 2. The fourth-order valence-corrected chi connectivity index (χ4v) is 1.79. The van der Waals surface area contributed by atoms with Crippen LogP contribution in [0.1, 0.15) is 16.8 Å². The Balaban J connectivity index is 2.17. The number of hydrogen-bond acceptors (Lipinski definition) is 5. The van der Waals surface area contributed by atoms with Crippen molar-refractivity contribution < 1.29 is 9.47 Å². The molecule has 0 spiro atoms. The van der Waals surface area contributed by atoms with E-state index >= 15 is 0 Å². The number of pyridine rings is 1. The summed E-state index contributed by atoms with van der Waals surface area (Å²) in [7, 11) is 1.60. The number of rotatable bonds is 5. The molecule has 2 aromatic rings. The van der Waals surface area contributed by atoms with E-state index in [0.29, 0.717) is 18.0 Å². The highest BCUT2D eigenvalue weighted by Crippen LogP contribution is 2.24. The summed E-state index contributed by atoms with van der Waals surface area (Å²) in [5.41, 5.74) is 7.67. The van der Waals surface area contributed by atoms with E-state index in [9.17, 15) is 0 Å². The van der Waals surface area contributed by atoms with E-state index in [2.05, 4.69) is 4.98 Å². The molecule has 0 atom stereocenters. The van der Waals surface area contributed by atoms with Crippen LogP contribution in [0, 0.1) is 11.3 Å². The van der Waals surface area contributed by atoms with Crippen LogP contribution in [0.3, 0.4) is 0 Å². The van der Waals surface area contributed by atoms with Gasteiger partial charge in [-0.25, -0.2) is 4.98 Å². The maximum Gasteiger partial charge on any atom is 0.147 e. The van der Waals surface area contributed by atoms with Crippen molar-refractivity contribution in [2.75, 3.05) is 7.11 Å². The van der Waals surface area contributed by atoms with Crippen LogP contribution < -0.4 is 15.2 Å². The Morgan fingerprint density at radius 3 is 2.85 bits per heavy atom. The SMILES string of the molecule is COc1ccc(OCc2cccnc2C#N)c(CN)c1. The van der Waals surface area contributed by atoms with Gasteiger partial charge < -0.3 is 15.2 Å². The Bertz CT molecular complexity index is 635. The maximum absolute atomic E-state index is 8.98. The molecule has 1 aromatic carbocycles. The van der Waals surface area contributed by atoms with Gasteiger partial charge in [-0.15, -0.1) is 0 Å². The van der Waals surface area contributed by atoms with Gasteiger partial charge in [-0.3, -0.25) is 0 Å². The van der Waals surface area contributed by atoms with Gasteiger partial charge in [0, 0.05) is 23.9 Å². The minimum atomic E-state index is 0.274. The summed E-state index contributed by atoms with van der Waals surface area (Å²) in [6, 6.07) is 11.1. The fourth-order valence-electron chi connectivity index (χ4n) is 1.79. The van der Waals surface area contributed by atoms with Crippen molar-refractivity contribution in [3.8, 4) is 17.6 Å². The van der Waals surface area contributed by atoms with Crippen LogP contribution >= 0.6 is 0 Å². The van der Waals surface area contributed by atoms with Crippen LogP contribution in [0.15, 0.2) is 36.5 Å². The molecule has 0 aliphatic rings. The smallest absolute Gasteiger partial charge is 0.147 e. The zero-order valence-electron chi connectivity index (χ0n) is 11.2. The highest BCUT2D eigenvalue weighted by Gasteiger charge is 2.07. The molecule has 1 aromatic heterocycles. The largest absolute Gasteiger partial charge is 0.497 e. The number of nitrogens with two attached hydrogens (primary N) is 1. The second kappa shape index (κ2) is 6.55. The molecular weight excluding hydrogens is 254 g/mol. The van der Waals surface area contributed by atoms with E-state index in [-0.39, 0.29) is 6.61 Å². The molecule has 0 bridgehead atoms. The number of ether oxygens (including phenoxy) is 2. The van der Waals surface area contributed by atoms with E-state index in [0.717, 1.165) is 16.9 Å². The number of hydrogen-bond donors (Lipinski definition) is 1. The van der Waals surface area contributed by atoms with E-state index in [1.807, 2.05) is 30.3 Å². The van der Waals surface area contributed by atoms with Crippen molar-refractivity contribution in [3.63, 3.8) is 0 Å². The van der Waals surface area contributed by atoms with Gasteiger partial charge in [-0.2, -0.15) is 5.26 Å². The minimum Gasteiger partial charge on any atom is -0.497 e. The predicted molar refractivity (Wildman–Crippen MR) is 74.2 cm³/mol. The molecule has 1 heterocycles. The lowest BCUT2D eigenvalue weighted by molar-refractivity contribution is 0.301. The Labute approximate surface area is 117 Å². The molecule has 5 nitrogen and oxygen atoms in total. The van der Waals surface area contributed by atoms with Crippen molar-refractivity contribution in [1.82, 2.24) is 4.98 Å². The lowest BCUT2D eigenvalue weighted by atomic mass is 10.2. The summed E-state index contributed by atoms with van der Waals surface area (Å²) in [6.07, 6.45) is 1.58. The molecule has 0 unspecified atom stereocenters. The van der Waals surface area contributed by atoms with Crippen LogP contribution in [0.4, 0.5) is 0 Å². The number of aromatic nitrogens is 1. The molecule has 0 saturated heterocycles. The third-order valence-electron chi connectivity index (χ3n) is 2.87. The predicted octanol–water partition coefficient (Wildman–Crippen LogP) is 2.00. The van der Waals surface area contributed by atoms with Gasteiger partial charge in [0.05, 0.1) is 7.11 Å². The van der Waals surface area contributed by atoms with E-state index in [4.69, 9.17) is 20.5 Å². The molecule has 20 heavy (non-hydrogen) atoms. The zero-order valence-corrected chi connectivity index (χ0v) is 11.2. The lowest BCUT2D eigenvalue weighted by Crippen LogP contribution is -2.04. The molecule has 0 fully saturated rings. The van der Waals surface area contributed by atoms with Crippen LogP contribution in [0.25, 0.3) is 0 Å². The molecule has 102 valence electrons. The average Bonchev–Trinajstić information content (AvgIpc) is 2.52. The summed E-state index contributed by atoms with van der Waals surface area (Å²) in [4.78, 5) is 3.99. The van der Waals surface area contributed by atoms with E-state index in [1.54, 1.807) is 19.4 Å². The first-order valence-electron chi connectivity index (χ1n) is 6.12. The second-order valence-corrected chi connectivity index (χ2v) is 4.09. The molecule has 0 saturated carbocycles. The van der Waals surface area contributed by atoms with Gasteiger partial charge in [0.1, 0.15) is 29.9 Å². The quantitative estimate of drug-likeness (QED) is 0.897. The minimum absolute atomic E-state index is 0.274. The second-order valence-electron chi connectivity index (χ2n) is 4.09. The van der Waals surface area contributed by atoms with Crippen molar-refractivity contribution in [3.05, 3.63) is 53.3 Å². The Kier molecular flexibility index (Phi) is 4.53. The zero-order chi connectivity index (χ0) is 14.4. The van der Waals surface area contributed by atoms with Gasteiger partial charge in [0.2, 0.25) is 0 Å². The van der Waals surface area contributed by atoms with Crippen LogP contribution in [0.2, 0.25) is 0 Å². The molecular formula is C15H15N3O2. The van der Waals surface area contributed by atoms with Crippen LogP contribution in [0.5, 0.6) is 11.5 Å². The summed E-state index contributed by atoms with van der Waals surface area (Å²) in [5.74, 6) is 1.41. The highest BCUT2D eigenvalue weighted by molar-refractivity contribution is 5.40. The summed E-state index contributed by atoms with van der Waals surface area (Å²) in [5, 5.41) is 8.98. The Morgan fingerprint density at radius 1 is 1.30 bits per heavy atom. The fraction of sp³-hybridized carbons (Fsp3) is 0.200. The summed E-state index contributed by atoms with van der Waals surface area (Å²) in [6.45, 7) is 0.626. The number of benzene rings is 1. The summed E-state index contributed by atoms with van der Waals surface area (Å²) >= 11 is 0. The first kappa shape index (κ1) is 13.8. The van der Waals surface area contributed by atoms with Gasteiger partial charge >= 0.3 is 0 Å². The first-order chi connectivity index (χ1) is 9.78. The normalized spacial score (nSPS) is 9.85. The van der Waals surface area contributed by atoms with Crippen molar-refractivity contribution in [2.24, 2.45) is 5.73 Å². The van der Waals surface area contributed by atoms with Gasteiger partial charge in [0.25, 0.3) is 0 Å². The maximum atomic E-state index is 8.98. The molecule has 2 N–H and O–H groups in total. The number of nitriles is 1. The monoisotopic (exact) mass is 269 g/mol. The highest BCUT2D eigenvalue weighted by atomic mass is 16.5. The Hall–Kier alpha value is -2.58. The van der Waals surface area contributed by atoms with Crippen molar-refractivity contribution >= 4 is 0 Å². The van der Waals surface area contributed by atoms with Gasteiger partial charge in [-0.05, 0) is 24.3 Å². The van der Waals surface area contributed by atoms with E-state index < -0.39 is 0 Å². The standard InChI is InChI=1S/C15H15N3O2/c1-19-13-4-5-15(12(7-13)8-16)20-10-11-3-2-6-18-14(11)9-17/h2-7H,8,10,16H2,1H3. The third kappa shape index (κ3) is 3.05. The molecule has 0 aliphatic heterocycles. The van der Waals surface area contributed by atoms with Crippen LogP contribution in [-0.2, 0) is 13.2 Å². The van der Waals surface area contributed by atoms with Crippen molar-refractivity contribution in [2.45, 2.75) is 13.2 Å². The molecule has 5 heteroatoms. The number of methoxy groups -OCH3 is 1. The van der Waals surface area contributed by atoms with Crippen LogP contribution in [-0.4, -0.2) is 12.1 Å². The van der Waals surface area contributed by atoms with Crippen molar-refractivity contribution in [1.29, 1.82) is 5.26 Å². The van der Waals surface area contributed by atoms with Gasteiger partial charge in [-0.1, -0.05) is 6.07 Å². The molecule has 0 radical (unpaired) electrons. The topological polar surface area (TPSA) is 81.2 Å². The summed E-state index contributed by atoms with van der Waals surface area (Å²) < 4.78 is 10.9. The molecule has 0 aliphatic carbocycles.